The fourth-order valence-corrected chi connectivity index (χ4v) is 4.61. The number of aryl methyl sites for hydroxylation is 1. The largest absolute Gasteiger partial charge is 0.416 e. The highest BCUT2D eigenvalue weighted by molar-refractivity contribution is 7.22. The van der Waals surface area contributed by atoms with E-state index >= 15 is 0 Å². The van der Waals surface area contributed by atoms with E-state index in [9.17, 15) is 27.6 Å². The first-order valence-corrected chi connectivity index (χ1v) is 13.2. The van der Waals surface area contributed by atoms with E-state index in [2.05, 4.69) is 26.3 Å². The van der Waals surface area contributed by atoms with Gasteiger partial charge in [0.1, 0.15) is 0 Å². The molecule has 40 heavy (non-hydrogen) atoms. The first-order chi connectivity index (χ1) is 19.0. The van der Waals surface area contributed by atoms with Crippen LogP contribution in [-0.2, 0) is 6.18 Å². The molecule has 0 saturated heterocycles. The summed E-state index contributed by atoms with van der Waals surface area (Å²) in [6.07, 6.45) is -2.71. The fourth-order valence-electron chi connectivity index (χ4n) is 3.71. The van der Waals surface area contributed by atoms with Crippen molar-refractivity contribution in [2.45, 2.75) is 32.9 Å². The maximum atomic E-state index is 13.0. The molecule has 4 N–H and O–H groups in total. The normalized spacial score (nSPS) is 11.2. The molecule has 0 aliphatic heterocycles. The maximum absolute atomic E-state index is 13.0. The third-order valence-electron chi connectivity index (χ3n) is 5.88. The molecule has 8 nitrogen and oxygen atoms in total. The van der Waals surface area contributed by atoms with Crippen molar-refractivity contribution in [3.8, 4) is 0 Å². The summed E-state index contributed by atoms with van der Waals surface area (Å²) in [7, 11) is 0. The number of nitrogens with one attached hydrogen (secondary N) is 4. The highest BCUT2D eigenvalue weighted by Crippen LogP contribution is 2.31. The zero-order valence-corrected chi connectivity index (χ0v) is 22.4. The van der Waals surface area contributed by atoms with Gasteiger partial charge in [-0.1, -0.05) is 36.8 Å². The third-order valence-corrected chi connectivity index (χ3v) is 6.82. The minimum Gasteiger partial charge on any atom is -0.338 e. The Morgan fingerprint density at radius 3 is 2.38 bits per heavy atom. The molecule has 0 radical (unpaired) electrons. The van der Waals surface area contributed by atoms with Crippen molar-refractivity contribution in [1.29, 1.82) is 0 Å². The summed E-state index contributed by atoms with van der Waals surface area (Å²) in [5.41, 5.74) is 1.29. The van der Waals surface area contributed by atoms with Crippen LogP contribution in [0, 0.1) is 6.92 Å². The number of nitrogens with zero attached hydrogens (tertiary/aromatic N) is 1. The van der Waals surface area contributed by atoms with Crippen molar-refractivity contribution in [3.63, 3.8) is 0 Å². The molecule has 1 aromatic heterocycles. The van der Waals surface area contributed by atoms with Gasteiger partial charge < -0.3 is 16.0 Å². The van der Waals surface area contributed by atoms with Crippen LogP contribution in [0.3, 0.4) is 0 Å². The van der Waals surface area contributed by atoms with Crippen LogP contribution >= 0.6 is 11.3 Å². The van der Waals surface area contributed by atoms with Crippen molar-refractivity contribution in [1.82, 2.24) is 10.3 Å². The molecule has 0 saturated carbocycles. The lowest BCUT2D eigenvalue weighted by Crippen LogP contribution is -2.29. The zero-order chi connectivity index (χ0) is 28.9. The third kappa shape index (κ3) is 7.14. The lowest BCUT2D eigenvalue weighted by molar-refractivity contribution is -0.137. The van der Waals surface area contributed by atoms with Gasteiger partial charge >= 0.3 is 12.2 Å². The van der Waals surface area contributed by atoms with Gasteiger partial charge in [-0.2, -0.15) is 13.2 Å². The number of alkyl halides is 3. The van der Waals surface area contributed by atoms with Gasteiger partial charge in [-0.25, -0.2) is 9.78 Å². The molecule has 12 heteroatoms. The molecule has 0 atom stereocenters. The van der Waals surface area contributed by atoms with Gasteiger partial charge in [-0.05, 0) is 67.4 Å². The summed E-state index contributed by atoms with van der Waals surface area (Å²) in [6, 6.07) is 13.5. The lowest BCUT2D eigenvalue weighted by Gasteiger charge is -2.12. The van der Waals surface area contributed by atoms with Crippen LogP contribution in [0.2, 0.25) is 0 Å². The number of anilines is 3. The Bertz CT molecular complexity index is 1570. The molecule has 3 aromatic carbocycles. The molecule has 0 aliphatic rings. The van der Waals surface area contributed by atoms with Gasteiger partial charge in [0.15, 0.2) is 5.13 Å². The van der Waals surface area contributed by atoms with Crippen LogP contribution in [0.15, 0.2) is 60.7 Å². The highest BCUT2D eigenvalue weighted by atomic mass is 32.1. The van der Waals surface area contributed by atoms with E-state index < -0.39 is 23.6 Å². The highest BCUT2D eigenvalue weighted by Gasteiger charge is 2.30. The van der Waals surface area contributed by atoms with Crippen LogP contribution in [0.5, 0.6) is 0 Å². The topological polar surface area (TPSA) is 112 Å². The molecule has 0 unspecified atom stereocenters. The number of amides is 4. The second-order valence-electron chi connectivity index (χ2n) is 8.95. The van der Waals surface area contributed by atoms with E-state index in [-0.39, 0.29) is 17.3 Å². The van der Waals surface area contributed by atoms with Gasteiger partial charge in [0.05, 0.1) is 15.8 Å². The Morgan fingerprint density at radius 2 is 1.62 bits per heavy atom. The number of halogens is 3. The van der Waals surface area contributed by atoms with Crippen molar-refractivity contribution < 1.29 is 27.6 Å². The van der Waals surface area contributed by atoms with Gasteiger partial charge in [-0.3, -0.25) is 14.9 Å². The molecule has 4 amide bonds. The number of rotatable bonds is 8. The smallest absolute Gasteiger partial charge is 0.338 e. The summed E-state index contributed by atoms with van der Waals surface area (Å²) >= 11 is 1.23. The monoisotopic (exact) mass is 569 g/mol. The van der Waals surface area contributed by atoms with E-state index in [1.54, 1.807) is 31.2 Å². The van der Waals surface area contributed by atoms with Gasteiger partial charge in [0, 0.05) is 29.0 Å². The Hall–Kier alpha value is -4.45. The van der Waals surface area contributed by atoms with E-state index in [0.717, 1.165) is 25.0 Å². The van der Waals surface area contributed by atoms with E-state index in [1.165, 1.54) is 35.6 Å². The Balaban J connectivity index is 1.45. The standard InChI is InChI=1S/C28H26F3N5O3S/c1-3-4-12-32-26(39)36-27-35-21-11-10-18(14-23(21)40-27)25(38)34-22-13-17(9-8-16(22)2)24(37)33-20-7-5-6-19(15-20)28(29,30)31/h5-11,13-15H,3-4,12H2,1-2H3,(H,33,37)(H,34,38)(H2,32,35,36,39). The van der Waals surface area contributed by atoms with Crippen LogP contribution in [-0.4, -0.2) is 29.4 Å². The number of carbonyl (C=O) groups excluding carboxylic acids is 3. The van der Waals surface area contributed by atoms with E-state index in [0.29, 0.717) is 38.7 Å². The van der Waals surface area contributed by atoms with Crippen molar-refractivity contribution >= 4 is 55.9 Å². The summed E-state index contributed by atoms with van der Waals surface area (Å²) < 4.78 is 39.7. The Kier molecular flexibility index (Phi) is 8.68. The van der Waals surface area contributed by atoms with E-state index in [4.69, 9.17) is 0 Å². The molecule has 4 rings (SSSR count). The minimum absolute atomic E-state index is 0.00357. The van der Waals surface area contributed by atoms with Gasteiger partial charge in [-0.15, -0.1) is 0 Å². The van der Waals surface area contributed by atoms with E-state index in [1.807, 2.05) is 6.92 Å². The van der Waals surface area contributed by atoms with Crippen LogP contribution in [0.1, 0.15) is 51.6 Å². The number of aromatic nitrogens is 1. The number of fused-ring (bicyclic) bond motifs is 1. The molecule has 0 fully saturated rings. The predicted molar refractivity (Wildman–Crippen MR) is 150 cm³/mol. The van der Waals surface area contributed by atoms with Gasteiger partial charge in [0.2, 0.25) is 0 Å². The van der Waals surface area contributed by atoms with Crippen LogP contribution < -0.4 is 21.3 Å². The summed E-state index contributed by atoms with van der Waals surface area (Å²) in [6.45, 7) is 4.34. The molecular formula is C28H26F3N5O3S. The number of hydrogen-bond acceptors (Lipinski definition) is 5. The molecular weight excluding hydrogens is 543 g/mol. The average Bonchev–Trinajstić information content (AvgIpc) is 3.31. The van der Waals surface area contributed by atoms with Gasteiger partial charge in [0.25, 0.3) is 11.8 Å². The number of unbranched alkanes of at least 4 members (excludes halogenated alkanes) is 1. The Morgan fingerprint density at radius 1 is 0.900 bits per heavy atom. The number of urea groups is 1. The first-order valence-electron chi connectivity index (χ1n) is 12.4. The second kappa shape index (κ2) is 12.2. The quantitative estimate of drug-likeness (QED) is 0.170. The average molecular weight is 570 g/mol. The maximum Gasteiger partial charge on any atom is 0.416 e. The molecule has 4 aromatic rings. The first kappa shape index (κ1) is 28.6. The molecule has 1 heterocycles. The molecule has 0 aliphatic carbocycles. The molecule has 0 spiro atoms. The minimum atomic E-state index is -4.54. The zero-order valence-electron chi connectivity index (χ0n) is 21.6. The summed E-state index contributed by atoms with van der Waals surface area (Å²) in [5.74, 6) is -1.06. The molecule has 0 bridgehead atoms. The van der Waals surface area contributed by atoms with Crippen LogP contribution in [0.4, 0.5) is 34.5 Å². The second-order valence-corrected chi connectivity index (χ2v) is 9.98. The SMILES string of the molecule is CCCCNC(=O)Nc1nc2ccc(C(=O)Nc3cc(C(=O)Nc4cccc(C(F)(F)F)c4)ccc3C)cc2s1. The number of carbonyl (C=O) groups is 3. The van der Waals surface area contributed by atoms with Crippen LogP contribution in [0.25, 0.3) is 10.2 Å². The fraction of sp³-hybridized carbons (Fsp3) is 0.214. The lowest BCUT2D eigenvalue weighted by atomic mass is 10.1. The van der Waals surface area contributed by atoms with Crippen molar-refractivity contribution in [2.75, 3.05) is 22.5 Å². The van der Waals surface area contributed by atoms with Crippen molar-refractivity contribution in [2.24, 2.45) is 0 Å². The number of hydrogen-bond donors (Lipinski definition) is 4. The number of benzene rings is 3. The summed E-state index contributed by atoms with van der Waals surface area (Å²) in [5, 5.41) is 11.1. The number of thiazole rings is 1. The molecule has 208 valence electrons. The predicted octanol–water partition coefficient (Wildman–Crippen LogP) is 7.05. The summed E-state index contributed by atoms with van der Waals surface area (Å²) in [4.78, 5) is 42.2. The van der Waals surface area contributed by atoms with Crippen molar-refractivity contribution in [3.05, 3.63) is 82.9 Å². The Labute approximate surface area is 232 Å².